The molecule has 3 aliphatic rings. The second-order valence-electron chi connectivity index (χ2n) is 14.0. The highest BCUT2D eigenvalue weighted by Crippen LogP contribution is 2.62. The van der Waals surface area contributed by atoms with E-state index in [0.29, 0.717) is 17.5 Å². The number of fused-ring (bicyclic) bond motifs is 9. The van der Waals surface area contributed by atoms with Gasteiger partial charge < -0.3 is 4.90 Å². The van der Waals surface area contributed by atoms with Gasteiger partial charge in [-0.2, -0.15) is 0 Å². The molecule has 0 bridgehead atoms. The molecule has 10 rings (SSSR count). The van der Waals surface area contributed by atoms with Crippen molar-refractivity contribution in [2.75, 3.05) is 4.90 Å². The van der Waals surface area contributed by atoms with Crippen LogP contribution in [-0.2, 0) is 5.41 Å². The lowest BCUT2D eigenvalue weighted by molar-refractivity contribution is 0.546. The van der Waals surface area contributed by atoms with Crippen LogP contribution in [0.15, 0.2) is 163 Å². The Morgan fingerprint density at radius 2 is 0.980 bits per heavy atom. The topological polar surface area (TPSA) is 41.9 Å². The highest BCUT2D eigenvalue weighted by atomic mass is 15.2. The van der Waals surface area contributed by atoms with Crippen molar-refractivity contribution >= 4 is 16.9 Å². The number of anilines is 2. The van der Waals surface area contributed by atoms with Crippen molar-refractivity contribution in [2.45, 2.75) is 31.2 Å². The van der Waals surface area contributed by atoms with E-state index in [4.69, 9.17) is 15.0 Å². The molecule has 6 aromatic carbocycles. The fraction of sp³-hybridized carbons (Fsp3) is 0.109. The van der Waals surface area contributed by atoms with Crippen LogP contribution in [0.4, 0.5) is 11.4 Å². The molecule has 2 atom stereocenters. The van der Waals surface area contributed by atoms with E-state index in [1.807, 2.05) is 60.7 Å². The minimum Gasteiger partial charge on any atom is -0.333 e. The van der Waals surface area contributed by atoms with E-state index < -0.39 is 0 Å². The lowest BCUT2D eigenvalue weighted by atomic mass is 9.68. The molecule has 4 heteroatoms. The Hall–Kier alpha value is -6.13. The molecule has 1 aliphatic heterocycles. The van der Waals surface area contributed by atoms with Crippen molar-refractivity contribution in [3.63, 3.8) is 0 Å². The molecule has 7 aromatic rings. The quantitative estimate of drug-likeness (QED) is 0.192. The van der Waals surface area contributed by atoms with Gasteiger partial charge in [-0.1, -0.05) is 141 Å². The molecule has 4 nitrogen and oxygen atoms in total. The summed E-state index contributed by atoms with van der Waals surface area (Å²) in [4.78, 5) is 17.5. The molecule has 0 radical (unpaired) electrons. The molecular weight excluding hydrogens is 609 g/mol. The average Bonchev–Trinajstić information content (AvgIpc) is 3.65. The van der Waals surface area contributed by atoms with Gasteiger partial charge in [0.2, 0.25) is 0 Å². The first kappa shape index (κ1) is 28.8. The molecule has 2 unspecified atom stereocenters. The van der Waals surface area contributed by atoms with Crippen molar-refractivity contribution in [3.05, 3.63) is 191 Å². The third kappa shape index (κ3) is 4.21. The number of benzene rings is 6. The highest BCUT2D eigenvalue weighted by molar-refractivity contribution is 5.96. The zero-order valence-electron chi connectivity index (χ0n) is 28.0. The minimum atomic E-state index is -0.130. The van der Waals surface area contributed by atoms with Gasteiger partial charge in [0.25, 0.3) is 0 Å². The van der Waals surface area contributed by atoms with Crippen molar-refractivity contribution in [1.82, 2.24) is 15.0 Å². The Morgan fingerprint density at radius 3 is 1.62 bits per heavy atom. The van der Waals surface area contributed by atoms with Gasteiger partial charge in [-0.3, -0.25) is 0 Å². The average molecular weight is 643 g/mol. The Labute approximate surface area is 292 Å². The number of para-hydroxylation sites is 1. The lowest BCUT2D eigenvalue weighted by Crippen LogP contribution is -2.40. The molecule has 0 saturated heterocycles. The van der Waals surface area contributed by atoms with Crippen LogP contribution in [0.5, 0.6) is 0 Å². The smallest absolute Gasteiger partial charge is 0.164 e. The molecule has 2 heterocycles. The van der Waals surface area contributed by atoms with Crippen LogP contribution < -0.4 is 4.90 Å². The van der Waals surface area contributed by atoms with Gasteiger partial charge in [-0.15, -0.1) is 0 Å². The zero-order valence-corrected chi connectivity index (χ0v) is 28.0. The summed E-state index contributed by atoms with van der Waals surface area (Å²) in [5.74, 6) is 2.21. The standard InChI is InChI=1S/C46H34N4/c1-46(2)37-23-13-11-21-35(37)39-33-19-9-10-20-34(33)40-36-22-12-14-24-38(36)50(42(40)41(39)46)32-27-25-31(26-28-32)45-48-43(29-15-5-3-6-16-29)47-44(49-45)30-17-7-4-8-18-30/h3-28,40,42H,1-2H3. The van der Waals surface area contributed by atoms with Crippen molar-refractivity contribution in [2.24, 2.45) is 0 Å². The van der Waals surface area contributed by atoms with Crippen molar-refractivity contribution in [3.8, 4) is 34.2 Å². The maximum absolute atomic E-state index is 5.00. The first-order valence-corrected chi connectivity index (χ1v) is 17.4. The zero-order chi connectivity index (χ0) is 33.4. The van der Waals surface area contributed by atoms with Gasteiger partial charge in [0, 0.05) is 39.4 Å². The summed E-state index contributed by atoms with van der Waals surface area (Å²) in [7, 11) is 0. The summed E-state index contributed by atoms with van der Waals surface area (Å²) in [6.45, 7) is 4.83. The van der Waals surface area contributed by atoms with E-state index in [0.717, 1.165) is 22.4 Å². The molecule has 0 saturated carbocycles. The molecule has 0 amide bonds. The van der Waals surface area contributed by atoms with Crippen LogP contribution in [0.2, 0.25) is 0 Å². The molecule has 238 valence electrons. The van der Waals surface area contributed by atoms with Gasteiger partial charge in [0.15, 0.2) is 17.5 Å². The number of aromatic nitrogens is 3. The first-order valence-electron chi connectivity index (χ1n) is 17.4. The Balaban J connectivity index is 1.13. The molecule has 0 fully saturated rings. The van der Waals surface area contributed by atoms with E-state index in [1.54, 1.807) is 0 Å². The van der Waals surface area contributed by atoms with Crippen LogP contribution in [0.3, 0.4) is 0 Å². The monoisotopic (exact) mass is 642 g/mol. The Bertz CT molecular complexity index is 2410. The second-order valence-corrected chi connectivity index (χ2v) is 14.0. The lowest BCUT2D eigenvalue weighted by Gasteiger charge is -2.41. The first-order chi connectivity index (χ1) is 24.6. The van der Waals surface area contributed by atoms with E-state index in [2.05, 4.69) is 116 Å². The maximum Gasteiger partial charge on any atom is 0.164 e. The maximum atomic E-state index is 5.00. The fourth-order valence-corrected chi connectivity index (χ4v) is 8.73. The van der Waals surface area contributed by atoms with E-state index in [1.165, 1.54) is 44.7 Å². The SMILES string of the molecule is CC1(C)C2=C(c3ccccc3C3c4ccccc4N(c4ccc(-c5nc(-c6ccccc6)nc(-c6ccccc6)n5)cc4)C23)c2ccccc21. The van der Waals surface area contributed by atoms with Gasteiger partial charge in [-0.05, 0) is 69.3 Å². The summed E-state index contributed by atoms with van der Waals surface area (Å²) in [5.41, 5.74) is 15.0. The predicted molar refractivity (Wildman–Crippen MR) is 202 cm³/mol. The molecule has 0 N–H and O–H groups in total. The summed E-state index contributed by atoms with van der Waals surface area (Å²) < 4.78 is 0. The number of hydrogen-bond acceptors (Lipinski definition) is 4. The largest absolute Gasteiger partial charge is 0.333 e. The van der Waals surface area contributed by atoms with E-state index in [9.17, 15) is 0 Å². The summed E-state index contributed by atoms with van der Waals surface area (Å²) in [5, 5.41) is 0. The molecule has 1 aromatic heterocycles. The van der Waals surface area contributed by atoms with Gasteiger partial charge in [-0.25, -0.2) is 15.0 Å². The third-order valence-electron chi connectivity index (χ3n) is 10.9. The molecule has 0 spiro atoms. The summed E-state index contributed by atoms with van der Waals surface area (Å²) in [6.07, 6.45) is 0. The summed E-state index contributed by atoms with van der Waals surface area (Å²) >= 11 is 0. The van der Waals surface area contributed by atoms with E-state index in [-0.39, 0.29) is 17.4 Å². The fourth-order valence-electron chi connectivity index (χ4n) is 8.73. The number of hydrogen-bond donors (Lipinski definition) is 0. The molecule has 50 heavy (non-hydrogen) atoms. The second kappa shape index (κ2) is 10.9. The number of nitrogens with zero attached hydrogens (tertiary/aromatic N) is 4. The van der Waals surface area contributed by atoms with Crippen LogP contribution in [0, 0.1) is 0 Å². The highest BCUT2D eigenvalue weighted by Gasteiger charge is 2.53. The molecular formula is C46H34N4. The van der Waals surface area contributed by atoms with Crippen molar-refractivity contribution < 1.29 is 0 Å². The predicted octanol–water partition coefficient (Wildman–Crippen LogP) is 10.6. The third-order valence-corrected chi connectivity index (χ3v) is 10.9. The van der Waals surface area contributed by atoms with Crippen LogP contribution in [0.1, 0.15) is 47.6 Å². The van der Waals surface area contributed by atoms with Crippen LogP contribution >= 0.6 is 0 Å². The van der Waals surface area contributed by atoms with Gasteiger partial charge >= 0.3 is 0 Å². The van der Waals surface area contributed by atoms with Crippen molar-refractivity contribution in [1.29, 1.82) is 0 Å². The molecule has 2 aliphatic carbocycles. The Morgan fingerprint density at radius 1 is 0.480 bits per heavy atom. The van der Waals surface area contributed by atoms with Gasteiger partial charge in [0.05, 0.1) is 6.04 Å². The van der Waals surface area contributed by atoms with Crippen LogP contribution in [0.25, 0.3) is 39.7 Å². The van der Waals surface area contributed by atoms with Crippen LogP contribution in [-0.4, -0.2) is 21.0 Å². The summed E-state index contributed by atoms with van der Waals surface area (Å²) in [6, 6.07) is 56.4. The number of rotatable bonds is 4. The minimum absolute atomic E-state index is 0.130. The normalized spacial score (nSPS) is 17.8. The van der Waals surface area contributed by atoms with Gasteiger partial charge in [0.1, 0.15) is 0 Å². The van der Waals surface area contributed by atoms with E-state index >= 15 is 0 Å². The Kier molecular flexibility index (Phi) is 6.31.